The van der Waals surface area contributed by atoms with E-state index in [0.717, 1.165) is 33.8 Å². The normalized spacial score (nSPS) is 13.2. The van der Waals surface area contributed by atoms with Gasteiger partial charge in [0.15, 0.2) is 0 Å². The molecular weight excluding hydrogens is 518 g/mol. The highest BCUT2D eigenvalue weighted by Gasteiger charge is 2.18. The zero-order valence-electron chi connectivity index (χ0n) is 20.1. The van der Waals surface area contributed by atoms with Crippen LogP contribution in [0.15, 0.2) is 138 Å². The molecule has 0 aliphatic carbocycles. The number of halogens is 1. The van der Waals surface area contributed by atoms with Crippen LogP contribution >= 0.6 is 15.9 Å². The first kappa shape index (κ1) is 22.0. The van der Waals surface area contributed by atoms with Crippen molar-refractivity contribution in [3.05, 3.63) is 138 Å². The predicted octanol–water partition coefficient (Wildman–Crippen LogP) is 8.84. The van der Waals surface area contributed by atoms with Crippen molar-refractivity contribution in [2.75, 3.05) is 11.4 Å². The molecule has 7 rings (SSSR count). The lowest BCUT2D eigenvalue weighted by Crippen LogP contribution is -2.21. The Kier molecular flexibility index (Phi) is 5.33. The second kappa shape index (κ2) is 8.99. The van der Waals surface area contributed by atoms with Gasteiger partial charge < -0.3 is 14.8 Å². The molecule has 1 aliphatic rings. The number of nitrogens with one attached hydrogen (secondary N) is 1. The molecular formula is C33H24BrN3. The Bertz CT molecular complexity index is 1840. The Morgan fingerprint density at radius 2 is 1.43 bits per heavy atom. The third-order valence-corrected chi connectivity index (χ3v) is 7.71. The van der Waals surface area contributed by atoms with E-state index < -0.39 is 0 Å². The van der Waals surface area contributed by atoms with Gasteiger partial charge in [0.05, 0.1) is 22.4 Å². The molecule has 0 spiro atoms. The van der Waals surface area contributed by atoms with E-state index in [4.69, 9.17) is 0 Å². The zero-order valence-corrected chi connectivity index (χ0v) is 21.7. The number of anilines is 2. The average Bonchev–Trinajstić information content (AvgIpc) is 3.30. The van der Waals surface area contributed by atoms with Crippen LogP contribution < -0.4 is 10.2 Å². The molecule has 0 bridgehead atoms. The lowest BCUT2D eigenvalue weighted by atomic mass is 10.1. The number of fused-ring (bicyclic) bond motifs is 4. The summed E-state index contributed by atoms with van der Waals surface area (Å²) >= 11 is 3.79. The Morgan fingerprint density at radius 1 is 0.703 bits per heavy atom. The van der Waals surface area contributed by atoms with Gasteiger partial charge >= 0.3 is 0 Å². The number of aromatic nitrogens is 1. The summed E-state index contributed by atoms with van der Waals surface area (Å²) in [5.41, 5.74) is 6.91. The van der Waals surface area contributed by atoms with Crippen LogP contribution in [0.3, 0.4) is 0 Å². The van der Waals surface area contributed by atoms with Crippen LogP contribution in [0.4, 0.5) is 11.4 Å². The number of para-hydroxylation sites is 1. The van der Waals surface area contributed by atoms with E-state index in [1.807, 2.05) is 0 Å². The summed E-state index contributed by atoms with van der Waals surface area (Å²) in [6.45, 7) is 0.842. The van der Waals surface area contributed by atoms with Crippen molar-refractivity contribution in [1.82, 2.24) is 9.88 Å². The fourth-order valence-corrected chi connectivity index (χ4v) is 6.00. The van der Waals surface area contributed by atoms with Gasteiger partial charge in [0, 0.05) is 44.8 Å². The maximum atomic E-state index is 3.79. The standard InChI is InChI=1S/C33H24BrN3/c34-29-13-6-16-32-33(29)28-12-3-4-14-31(28)37(32)25-19-17-24(18-20-25)36(26-10-7-21-35-22-26)30-15-5-9-23-8-1-2-11-27(23)30/h1-20,22,35H,21H2. The highest BCUT2D eigenvalue weighted by molar-refractivity contribution is 9.10. The summed E-state index contributed by atoms with van der Waals surface area (Å²) in [7, 11) is 0. The first-order chi connectivity index (χ1) is 18.3. The van der Waals surface area contributed by atoms with Crippen molar-refractivity contribution in [3.63, 3.8) is 0 Å². The quantitative estimate of drug-likeness (QED) is 0.240. The molecule has 0 saturated heterocycles. The summed E-state index contributed by atoms with van der Waals surface area (Å²) in [6.07, 6.45) is 6.45. The van der Waals surface area contributed by atoms with Crippen LogP contribution in [0.1, 0.15) is 0 Å². The van der Waals surface area contributed by atoms with Crippen molar-refractivity contribution >= 4 is 59.9 Å². The van der Waals surface area contributed by atoms with E-state index in [-0.39, 0.29) is 0 Å². The average molecular weight is 542 g/mol. The highest BCUT2D eigenvalue weighted by atomic mass is 79.9. The number of benzene rings is 5. The Hall–Kier alpha value is -4.28. The fourth-order valence-electron chi connectivity index (χ4n) is 5.43. The van der Waals surface area contributed by atoms with Gasteiger partial charge in [-0.2, -0.15) is 0 Å². The third kappa shape index (κ3) is 3.64. The van der Waals surface area contributed by atoms with Crippen molar-refractivity contribution in [2.24, 2.45) is 0 Å². The first-order valence-electron chi connectivity index (χ1n) is 12.5. The molecule has 3 nitrogen and oxygen atoms in total. The number of nitrogens with zero attached hydrogens (tertiary/aromatic N) is 2. The minimum absolute atomic E-state index is 0.842. The van der Waals surface area contributed by atoms with Crippen molar-refractivity contribution in [1.29, 1.82) is 0 Å². The number of allylic oxidation sites excluding steroid dienone is 1. The van der Waals surface area contributed by atoms with Gasteiger partial charge in [0.1, 0.15) is 0 Å². The van der Waals surface area contributed by atoms with Gasteiger partial charge in [-0.3, -0.25) is 0 Å². The minimum Gasteiger partial charge on any atom is -0.386 e. The second-order valence-corrected chi connectivity index (χ2v) is 10.1. The predicted molar refractivity (Wildman–Crippen MR) is 160 cm³/mol. The van der Waals surface area contributed by atoms with E-state index in [1.54, 1.807) is 0 Å². The molecule has 1 aromatic heterocycles. The van der Waals surface area contributed by atoms with Gasteiger partial charge in [-0.1, -0.05) is 82.7 Å². The summed E-state index contributed by atoms with van der Waals surface area (Å²) in [4.78, 5) is 2.33. The van der Waals surface area contributed by atoms with E-state index in [9.17, 15) is 0 Å². The molecule has 1 N–H and O–H groups in total. The van der Waals surface area contributed by atoms with Crippen LogP contribution in [0.5, 0.6) is 0 Å². The molecule has 6 aromatic rings. The zero-order chi connectivity index (χ0) is 24.8. The van der Waals surface area contributed by atoms with Gasteiger partial charge in [-0.25, -0.2) is 0 Å². The van der Waals surface area contributed by atoms with Crippen LogP contribution in [0, 0.1) is 0 Å². The summed E-state index contributed by atoms with van der Waals surface area (Å²) in [6, 6.07) is 39.0. The van der Waals surface area contributed by atoms with Crippen LogP contribution in [0.2, 0.25) is 0 Å². The molecule has 0 saturated carbocycles. The monoisotopic (exact) mass is 541 g/mol. The lowest BCUT2D eigenvalue weighted by Gasteiger charge is -2.29. The van der Waals surface area contributed by atoms with Crippen LogP contribution in [-0.2, 0) is 0 Å². The molecule has 0 atom stereocenters. The highest BCUT2D eigenvalue weighted by Crippen LogP contribution is 2.39. The fraction of sp³-hybridized carbons (Fsp3) is 0.0303. The van der Waals surface area contributed by atoms with Crippen molar-refractivity contribution in [3.8, 4) is 5.69 Å². The Labute approximate surface area is 224 Å². The largest absolute Gasteiger partial charge is 0.386 e. The summed E-state index contributed by atoms with van der Waals surface area (Å²) < 4.78 is 3.46. The molecule has 178 valence electrons. The minimum atomic E-state index is 0.842. The van der Waals surface area contributed by atoms with Gasteiger partial charge in [-0.15, -0.1) is 0 Å². The van der Waals surface area contributed by atoms with E-state index in [1.165, 1.54) is 32.6 Å². The molecule has 2 heterocycles. The number of rotatable bonds is 4. The van der Waals surface area contributed by atoms with Gasteiger partial charge in [0.2, 0.25) is 0 Å². The van der Waals surface area contributed by atoms with E-state index >= 15 is 0 Å². The van der Waals surface area contributed by atoms with E-state index in [0.29, 0.717) is 0 Å². The molecule has 5 aromatic carbocycles. The molecule has 4 heteroatoms. The van der Waals surface area contributed by atoms with Crippen molar-refractivity contribution < 1.29 is 0 Å². The molecule has 0 amide bonds. The second-order valence-electron chi connectivity index (χ2n) is 9.22. The van der Waals surface area contributed by atoms with Crippen LogP contribution in [-0.4, -0.2) is 11.1 Å². The summed E-state index contributed by atoms with van der Waals surface area (Å²) in [5.74, 6) is 0. The Morgan fingerprint density at radius 3 is 2.27 bits per heavy atom. The topological polar surface area (TPSA) is 20.2 Å². The number of hydrogen-bond acceptors (Lipinski definition) is 2. The smallest absolute Gasteiger partial charge is 0.0616 e. The maximum Gasteiger partial charge on any atom is 0.0616 e. The third-order valence-electron chi connectivity index (χ3n) is 7.05. The molecule has 37 heavy (non-hydrogen) atoms. The van der Waals surface area contributed by atoms with Crippen LogP contribution in [0.25, 0.3) is 38.3 Å². The molecule has 0 fully saturated rings. The van der Waals surface area contributed by atoms with Crippen molar-refractivity contribution in [2.45, 2.75) is 0 Å². The molecule has 1 aliphatic heterocycles. The summed E-state index contributed by atoms with van der Waals surface area (Å²) in [5, 5.41) is 8.32. The number of dihydropyridines is 1. The Balaban J connectivity index is 1.41. The van der Waals surface area contributed by atoms with E-state index in [2.05, 4.69) is 158 Å². The SMILES string of the molecule is Brc1cccc2c1c1ccccc1n2-c1ccc(N(C2=CNCC=C2)c2cccc3ccccc23)cc1. The molecule has 0 unspecified atom stereocenters. The molecule has 0 radical (unpaired) electrons. The first-order valence-corrected chi connectivity index (χ1v) is 13.2. The maximum absolute atomic E-state index is 3.79. The number of hydrogen-bond donors (Lipinski definition) is 1. The van der Waals surface area contributed by atoms with Gasteiger partial charge in [0.25, 0.3) is 0 Å². The van der Waals surface area contributed by atoms with Gasteiger partial charge in [-0.05, 0) is 60.0 Å². The lowest BCUT2D eigenvalue weighted by molar-refractivity contribution is 0.941.